The average Bonchev–Trinajstić information content (AvgIpc) is 1.99. The molecule has 19 heteroatoms. The Morgan fingerprint density at radius 3 is 0.740 bits per heavy atom. The number of esters is 4. The molecule has 0 aliphatic heterocycles. The highest BCUT2D eigenvalue weighted by molar-refractivity contribution is 7.47. The third-order valence-corrected chi connectivity index (χ3v) is 20.1. The summed E-state index contributed by atoms with van der Waals surface area (Å²) in [4.78, 5) is 72.8. The lowest BCUT2D eigenvalue weighted by atomic mass is 10.00. The van der Waals surface area contributed by atoms with Crippen LogP contribution in [0.15, 0.2) is 0 Å². The third-order valence-electron chi connectivity index (χ3n) is 18.2. The first-order valence-corrected chi connectivity index (χ1v) is 42.7. The van der Waals surface area contributed by atoms with Crippen molar-refractivity contribution in [3.63, 3.8) is 0 Å². The van der Waals surface area contributed by atoms with Crippen molar-refractivity contribution < 1.29 is 80.2 Å². The monoisotopic (exact) mass is 1410 g/mol. The maximum atomic E-state index is 13.1. The second-order valence-corrected chi connectivity index (χ2v) is 32.3. The molecule has 0 bridgehead atoms. The molecule has 0 aromatic rings. The van der Waals surface area contributed by atoms with Gasteiger partial charge < -0.3 is 33.8 Å². The number of phosphoric ester groups is 2. The van der Waals surface area contributed by atoms with Gasteiger partial charge in [-0.25, -0.2) is 9.13 Å². The molecule has 0 aliphatic carbocycles. The van der Waals surface area contributed by atoms with E-state index in [9.17, 15) is 43.2 Å². The fraction of sp³-hybridized carbons (Fsp3) is 0.948. The summed E-state index contributed by atoms with van der Waals surface area (Å²) in [6.45, 7) is 14.2. The molecule has 0 saturated heterocycles. The highest BCUT2D eigenvalue weighted by atomic mass is 31.2. The van der Waals surface area contributed by atoms with E-state index in [1.54, 1.807) is 0 Å². The van der Waals surface area contributed by atoms with Gasteiger partial charge in [-0.05, 0) is 49.4 Å². The van der Waals surface area contributed by atoms with Gasteiger partial charge in [-0.2, -0.15) is 0 Å². The van der Waals surface area contributed by atoms with Gasteiger partial charge in [0.05, 0.1) is 26.4 Å². The van der Waals surface area contributed by atoms with Gasteiger partial charge in [0.1, 0.15) is 19.3 Å². The lowest BCUT2D eigenvalue weighted by Gasteiger charge is -2.21. The zero-order chi connectivity index (χ0) is 71.0. The Labute approximate surface area is 588 Å². The number of rotatable bonds is 74. The van der Waals surface area contributed by atoms with Crippen molar-refractivity contribution in [3.05, 3.63) is 0 Å². The maximum Gasteiger partial charge on any atom is 0.472 e. The van der Waals surface area contributed by atoms with Crippen molar-refractivity contribution in [1.29, 1.82) is 0 Å². The lowest BCUT2D eigenvalue weighted by molar-refractivity contribution is -0.161. The van der Waals surface area contributed by atoms with E-state index in [0.717, 1.165) is 120 Å². The number of carbonyl (C=O) groups is 4. The van der Waals surface area contributed by atoms with Gasteiger partial charge in [0.2, 0.25) is 0 Å². The number of aliphatic hydroxyl groups is 1. The molecule has 3 N–H and O–H groups in total. The first kappa shape index (κ1) is 94.1. The molecule has 0 fully saturated rings. The second kappa shape index (κ2) is 66.3. The number of unbranched alkanes of at least 4 members (excludes halogenated alkanes) is 39. The van der Waals surface area contributed by atoms with E-state index < -0.39 is 97.5 Å². The van der Waals surface area contributed by atoms with Crippen LogP contribution in [0.5, 0.6) is 0 Å². The van der Waals surface area contributed by atoms with Crippen molar-refractivity contribution >= 4 is 39.5 Å². The molecule has 0 radical (unpaired) electrons. The Morgan fingerprint density at radius 1 is 0.292 bits per heavy atom. The molecule has 17 nitrogen and oxygen atoms in total. The predicted molar refractivity (Wildman–Crippen MR) is 391 cm³/mol. The van der Waals surface area contributed by atoms with Gasteiger partial charge in [0, 0.05) is 25.7 Å². The number of hydrogen-bond donors (Lipinski definition) is 3. The highest BCUT2D eigenvalue weighted by Crippen LogP contribution is 2.45. The van der Waals surface area contributed by atoms with Gasteiger partial charge in [-0.1, -0.05) is 338 Å². The Hall–Kier alpha value is -1.94. The van der Waals surface area contributed by atoms with Crippen LogP contribution < -0.4 is 0 Å². The van der Waals surface area contributed by atoms with Crippen molar-refractivity contribution in [2.24, 2.45) is 23.7 Å². The molecule has 6 atom stereocenters. The molecule has 0 aromatic heterocycles. The Kier molecular flexibility index (Phi) is 65.0. The van der Waals surface area contributed by atoms with E-state index in [-0.39, 0.29) is 25.7 Å². The largest absolute Gasteiger partial charge is 0.472 e. The van der Waals surface area contributed by atoms with Gasteiger partial charge in [-0.3, -0.25) is 37.3 Å². The molecule has 0 amide bonds. The SMILES string of the molecule is CCC(C)CCCCCCCCC(=O)OC[C@H](COP(=O)(O)OCC(O)COP(=O)(O)OC[C@@H](COC(=O)CCCCCCCCCCC(C)C)OC(=O)CCCCCCCCCCCCCC(C)C)OC(=O)CCCCCCCCCCCCCCCCCCCCC(C)C. The summed E-state index contributed by atoms with van der Waals surface area (Å²) in [5, 5.41) is 10.6. The molecule has 4 unspecified atom stereocenters. The smallest absolute Gasteiger partial charge is 0.462 e. The number of aliphatic hydroxyl groups excluding tert-OH is 1. The van der Waals surface area contributed by atoms with Crippen LogP contribution in [0.25, 0.3) is 0 Å². The van der Waals surface area contributed by atoms with Crippen molar-refractivity contribution in [2.45, 2.75) is 408 Å². The van der Waals surface area contributed by atoms with Crippen LogP contribution in [-0.4, -0.2) is 96.7 Å². The molecule has 0 rings (SSSR count). The van der Waals surface area contributed by atoms with E-state index in [2.05, 4.69) is 55.4 Å². The minimum atomic E-state index is -4.96. The molecule has 0 heterocycles. The summed E-state index contributed by atoms with van der Waals surface area (Å²) >= 11 is 0. The zero-order valence-electron chi connectivity index (χ0n) is 63.0. The fourth-order valence-electron chi connectivity index (χ4n) is 11.7. The summed E-state index contributed by atoms with van der Waals surface area (Å²) < 4.78 is 68.5. The molecule has 0 aromatic carbocycles. The quantitative estimate of drug-likeness (QED) is 0.0222. The summed E-state index contributed by atoms with van der Waals surface area (Å²) in [6.07, 6.45) is 51.5. The summed E-state index contributed by atoms with van der Waals surface area (Å²) in [5.74, 6) is 0.921. The number of phosphoric acid groups is 2. The van der Waals surface area contributed by atoms with Gasteiger partial charge in [-0.15, -0.1) is 0 Å². The molecular weight excluding hydrogens is 1260 g/mol. The predicted octanol–water partition coefficient (Wildman–Crippen LogP) is 22.4. The molecule has 0 spiro atoms. The van der Waals surface area contributed by atoms with Gasteiger partial charge in [0.15, 0.2) is 12.2 Å². The minimum Gasteiger partial charge on any atom is -0.462 e. The summed E-state index contributed by atoms with van der Waals surface area (Å²) in [6, 6.07) is 0. The Bertz CT molecular complexity index is 1890. The van der Waals surface area contributed by atoms with E-state index in [1.165, 1.54) is 186 Å². The minimum absolute atomic E-state index is 0.105. The number of carbonyl (C=O) groups excluding carboxylic acids is 4. The molecule has 570 valence electrons. The van der Waals surface area contributed by atoms with Crippen LogP contribution in [-0.2, 0) is 65.4 Å². The van der Waals surface area contributed by atoms with Crippen LogP contribution in [0.1, 0.15) is 389 Å². The van der Waals surface area contributed by atoms with Crippen molar-refractivity contribution in [2.75, 3.05) is 39.6 Å². The van der Waals surface area contributed by atoms with Crippen LogP contribution >= 0.6 is 15.6 Å². The van der Waals surface area contributed by atoms with Crippen molar-refractivity contribution in [1.82, 2.24) is 0 Å². The maximum absolute atomic E-state index is 13.1. The topological polar surface area (TPSA) is 237 Å². The van der Waals surface area contributed by atoms with E-state index in [4.69, 9.17) is 37.0 Å². The molecule has 0 aliphatic rings. The summed E-state index contributed by atoms with van der Waals surface area (Å²) in [7, 11) is -9.91. The van der Waals surface area contributed by atoms with Crippen molar-refractivity contribution in [3.8, 4) is 0 Å². The fourth-order valence-corrected chi connectivity index (χ4v) is 13.3. The molecule has 0 saturated carbocycles. The first-order chi connectivity index (χ1) is 46.1. The standard InChI is InChI=1S/C77H150O17P2/c1-9-70(8)56-48-40-35-36-42-50-58-75(80)88-64-73(94-76(81)59-51-43-33-25-21-17-15-13-11-10-12-14-16-19-23-29-37-45-53-67(2)3)66-92-96(85,86)90-62-71(78)61-89-95(83,84)91-65-72(63-87-74(79)57-49-41-32-28-27-31-39-47-55-69(6)7)93-77(82)60-52-44-34-26-22-18-20-24-30-38-46-54-68(4)5/h67-73,78H,9-66H2,1-8H3,(H,83,84)(H,85,86)/t70?,71?,72-,73-/m1/s1. The lowest BCUT2D eigenvalue weighted by Crippen LogP contribution is -2.30. The molecule has 96 heavy (non-hydrogen) atoms. The van der Waals surface area contributed by atoms with Crippen LogP contribution in [0.3, 0.4) is 0 Å². The second-order valence-electron chi connectivity index (χ2n) is 29.4. The number of ether oxygens (including phenoxy) is 4. The summed E-state index contributed by atoms with van der Waals surface area (Å²) in [5.41, 5.74) is 0. The van der Waals surface area contributed by atoms with Crippen LogP contribution in [0.2, 0.25) is 0 Å². The van der Waals surface area contributed by atoms with Gasteiger partial charge in [0.25, 0.3) is 0 Å². The van der Waals surface area contributed by atoms with Gasteiger partial charge >= 0.3 is 39.5 Å². The first-order valence-electron chi connectivity index (χ1n) is 39.7. The van der Waals surface area contributed by atoms with E-state index >= 15 is 0 Å². The highest BCUT2D eigenvalue weighted by Gasteiger charge is 2.30. The van der Waals surface area contributed by atoms with E-state index in [0.29, 0.717) is 25.7 Å². The Balaban J connectivity index is 5.19. The Morgan fingerprint density at radius 2 is 0.500 bits per heavy atom. The van der Waals surface area contributed by atoms with Crippen LogP contribution in [0.4, 0.5) is 0 Å². The molecular formula is C77H150O17P2. The third kappa shape index (κ3) is 69.2. The normalized spacial score (nSPS) is 14.4. The van der Waals surface area contributed by atoms with E-state index in [1.807, 2.05) is 0 Å². The number of hydrogen-bond acceptors (Lipinski definition) is 15. The van der Waals surface area contributed by atoms with Crippen LogP contribution in [0, 0.1) is 23.7 Å². The average molecular weight is 1410 g/mol. The zero-order valence-corrected chi connectivity index (χ0v) is 64.8.